The van der Waals surface area contributed by atoms with Gasteiger partial charge in [-0.1, -0.05) is 0 Å². The standard InChI is InChI=1S/C9H6ClF3N2/c10-3-7-5-15-4-6(9(11,12)13)1-2-8(15)14-7/h1-2,4-5H,3H2. The van der Waals surface area contributed by atoms with E-state index in [1.165, 1.54) is 16.7 Å². The summed E-state index contributed by atoms with van der Waals surface area (Å²) in [5, 5.41) is 0. The van der Waals surface area contributed by atoms with E-state index >= 15 is 0 Å². The summed E-state index contributed by atoms with van der Waals surface area (Å²) in [6.45, 7) is 0. The normalized spacial score (nSPS) is 12.3. The van der Waals surface area contributed by atoms with E-state index in [2.05, 4.69) is 4.98 Å². The molecule has 0 unspecified atom stereocenters. The highest BCUT2D eigenvalue weighted by Gasteiger charge is 2.30. The van der Waals surface area contributed by atoms with Gasteiger partial charge in [-0.15, -0.1) is 11.6 Å². The van der Waals surface area contributed by atoms with Crippen LogP contribution in [0.2, 0.25) is 0 Å². The predicted molar refractivity (Wildman–Crippen MR) is 49.8 cm³/mol. The zero-order valence-corrected chi connectivity index (χ0v) is 8.18. The highest BCUT2D eigenvalue weighted by atomic mass is 35.5. The molecule has 2 nitrogen and oxygen atoms in total. The lowest BCUT2D eigenvalue weighted by Gasteiger charge is -2.05. The number of imidazole rings is 1. The summed E-state index contributed by atoms with van der Waals surface area (Å²) in [6.07, 6.45) is -1.85. The molecule has 0 aromatic carbocycles. The summed E-state index contributed by atoms with van der Waals surface area (Å²) in [7, 11) is 0. The quantitative estimate of drug-likeness (QED) is 0.693. The molecule has 2 aromatic heterocycles. The number of alkyl halides is 4. The zero-order valence-electron chi connectivity index (χ0n) is 7.42. The van der Waals surface area contributed by atoms with Crippen LogP contribution < -0.4 is 0 Å². The summed E-state index contributed by atoms with van der Waals surface area (Å²) in [6, 6.07) is 2.32. The van der Waals surface area contributed by atoms with Gasteiger partial charge in [0.25, 0.3) is 0 Å². The average molecular weight is 235 g/mol. The number of nitrogens with zero attached hydrogens (tertiary/aromatic N) is 2. The number of pyridine rings is 1. The van der Waals surface area contributed by atoms with E-state index in [0.29, 0.717) is 11.3 Å². The van der Waals surface area contributed by atoms with Crippen molar-refractivity contribution in [2.45, 2.75) is 12.1 Å². The van der Waals surface area contributed by atoms with Crippen LogP contribution in [-0.2, 0) is 12.1 Å². The van der Waals surface area contributed by atoms with E-state index in [-0.39, 0.29) is 5.88 Å². The Hall–Kier alpha value is -1.23. The van der Waals surface area contributed by atoms with Crippen LogP contribution in [0.1, 0.15) is 11.3 Å². The largest absolute Gasteiger partial charge is 0.417 e. The minimum Gasteiger partial charge on any atom is -0.306 e. The number of hydrogen-bond donors (Lipinski definition) is 0. The van der Waals surface area contributed by atoms with Crippen LogP contribution >= 0.6 is 11.6 Å². The first-order valence-corrected chi connectivity index (χ1v) is 4.65. The third-order valence-electron chi connectivity index (χ3n) is 1.97. The van der Waals surface area contributed by atoms with Crippen molar-refractivity contribution < 1.29 is 13.2 Å². The molecule has 0 aliphatic carbocycles. The van der Waals surface area contributed by atoms with Gasteiger partial charge < -0.3 is 4.40 Å². The summed E-state index contributed by atoms with van der Waals surface area (Å²) >= 11 is 5.53. The lowest BCUT2D eigenvalue weighted by molar-refractivity contribution is -0.137. The molecule has 0 saturated heterocycles. The average Bonchev–Trinajstić information content (AvgIpc) is 2.57. The van der Waals surface area contributed by atoms with E-state index in [4.69, 9.17) is 11.6 Å². The molecule has 0 aliphatic heterocycles. The Labute approximate surface area is 88.3 Å². The maximum absolute atomic E-state index is 12.3. The number of hydrogen-bond acceptors (Lipinski definition) is 1. The Morgan fingerprint density at radius 2 is 2.00 bits per heavy atom. The lowest BCUT2D eigenvalue weighted by Crippen LogP contribution is -2.05. The summed E-state index contributed by atoms with van der Waals surface area (Å²) in [4.78, 5) is 4.02. The third kappa shape index (κ3) is 1.92. The first kappa shape index (κ1) is 10.3. The van der Waals surface area contributed by atoms with Gasteiger partial charge >= 0.3 is 6.18 Å². The van der Waals surface area contributed by atoms with Crippen LogP contribution in [0.25, 0.3) is 5.65 Å². The fraction of sp³-hybridized carbons (Fsp3) is 0.222. The number of rotatable bonds is 1. The number of fused-ring (bicyclic) bond motifs is 1. The lowest BCUT2D eigenvalue weighted by atomic mass is 10.3. The molecule has 0 saturated carbocycles. The molecule has 0 N–H and O–H groups in total. The second kappa shape index (κ2) is 3.41. The molecule has 6 heteroatoms. The first-order chi connectivity index (χ1) is 7.00. The third-order valence-corrected chi connectivity index (χ3v) is 2.24. The van der Waals surface area contributed by atoms with Gasteiger partial charge in [-0.2, -0.15) is 13.2 Å². The van der Waals surface area contributed by atoms with Crippen LogP contribution in [0.15, 0.2) is 24.5 Å². The van der Waals surface area contributed by atoms with E-state index in [1.54, 1.807) is 0 Å². The molecular weight excluding hydrogens is 229 g/mol. The molecule has 0 aliphatic rings. The van der Waals surface area contributed by atoms with E-state index in [0.717, 1.165) is 12.3 Å². The van der Waals surface area contributed by atoms with Crippen LogP contribution in [-0.4, -0.2) is 9.38 Å². The first-order valence-electron chi connectivity index (χ1n) is 4.11. The Kier molecular flexibility index (Phi) is 2.34. The summed E-state index contributed by atoms with van der Waals surface area (Å²) in [5.74, 6) is 0.184. The minimum absolute atomic E-state index is 0.184. The molecule has 15 heavy (non-hydrogen) atoms. The molecule has 0 radical (unpaired) electrons. The van der Waals surface area contributed by atoms with Gasteiger partial charge in [0.15, 0.2) is 0 Å². The Morgan fingerprint density at radius 3 is 2.60 bits per heavy atom. The van der Waals surface area contributed by atoms with Crippen LogP contribution in [0, 0.1) is 0 Å². The van der Waals surface area contributed by atoms with Gasteiger partial charge in [0.05, 0.1) is 17.1 Å². The van der Waals surface area contributed by atoms with Crippen molar-refractivity contribution in [3.63, 3.8) is 0 Å². The monoisotopic (exact) mass is 234 g/mol. The van der Waals surface area contributed by atoms with Gasteiger partial charge in [-0.3, -0.25) is 0 Å². The van der Waals surface area contributed by atoms with Crippen LogP contribution in [0.5, 0.6) is 0 Å². The molecular formula is C9H6ClF3N2. The van der Waals surface area contributed by atoms with E-state index < -0.39 is 11.7 Å². The highest BCUT2D eigenvalue weighted by Crippen LogP contribution is 2.29. The number of halogens is 4. The van der Waals surface area contributed by atoms with Crippen LogP contribution in [0.3, 0.4) is 0 Å². The number of aromatic nitrogens is 2. The minimum atomic E-state index is -4.33. The fourth-order valence-corrected chi connectivity index (χ4v) is 1.41. The molecule has 2 aromatic rings. The Bertz CT molecular complexity index is 490. The summed E-state index contributed by atoms with van der Waals surface area (Å²) in [5.41, 5.74) is 0.308. The second-order valence-corrected chi connectivity index (χ2v) is 3.31. The molecule has 2 heterocycles. The van der Waals surface area contributed by atoms with Crippen molar-refractivity contribution in [3.8, 4) is 0 Å². The Balaban J connectivity index is 2.55. The van der Waals surface area contributed by atoms with Crippen molar-refractivity contribution in [2.24, 2.45) is 0 Å². The van der Waals surface area contributed by atoms with Gasteiger partial charge in [0, 0.05) is 12.4 Å². The van der Waals surface area contributed by atoms with Crippen molar-refractivity contribution >= 4 is 17.2 Å². The second-order valence-electron chi connectivity index (χ2n) is 3.05. The van der Waals surface area contributed by atoms with Gasteiger partial charge in [-0.25, -0.2) is 4.98 Å². The zero-order chi connectivity index (χ0) is 11.1. The maximum atomic E-state index is 12.3. The molecule has 0 bridgehead atoms. The fourth-order valence-electron chi connectivity index (χ4n) is 1.28. The van der Waals surface area contributed by atoms with Gasteiger partial charge in [-0.05, 0) is 12.1 Å². The topological polar surface area (TPSA) is 17.3 Å². The van der Waals surface area contributed by atoms with Crippen molar-refractivity contribution in [1.82, 2.24) is 9.38 Å². The highest BCUT2D eigenvalue weighted by molar-refractivity contribution is 6.16. The van der Waals surface area contributed by atoms with Gasteiger partial charge in [0.2, 0.25) is 0 Å². The van der Waals surface area contributed by atoms with Crippen molar-refractivity contribution in [2.75, 3.05) is 0 Å². The molecule has 0 atom stereocenters. The van der Waals surface area contributed by atoms with Crippen molar-refractivity contribution in [3.05, 3.63) is 35.8 Å². The summed E-state index contributed by atoms with van der Waals surface area (Å²) < 4.78 is 38.4. The van der Waals surface area contributed by atoms with Crippen molar-refractivity contribution in [1.29, 1.82) is 0 Å². The molecule has 0 amide bonds. The molecule has 0 fully saturated rings. The SMILES string of the molecule is FC(F)(F)c1ccc2nc(CCl)cn2c1. The van der Waals surface area contributed by atoms with Crippen LogP contribution in [0.4, 0.5) is 13.2 Å². The molecule has 0 spiro atoms. The molecule has 80 valence electrons. The van der Waals surface area contributed by atoms with Gasteiger partial charge in [0.1, 0.15) is 5.65 Å². The molecule has 2 rings (SSSR count). The van der Waals surface area contributed by atoms with E-state index in [9.17, 15) is 13.2 Å². The predicted octanol–water partition coefficient (Wildman–Crippen LogP) is 3.09. The smallest absolute Gasteiger partial charge is 0.306 e. The maximum Gasteiger partial charge on any atom is 0.417 e. The Morgan fingerprint density at radius 1 is 1.27 bits per heavy atom. The van der Waals surface area contributed by atoms with E-state index in [1.807, 2.05) is 0 Å².